The van der Waals surface area contributed by atoms with Crippen LogP contribution in [0.25, 0.3) is 5.65 Å². The van der Waals surface area contributed by atoms with Crippen molar-refractivity contribution in [3.8, 4) is 0 Å². The molecular weight excluding hydrogens is 240 g/mol. The zero-order valence-corrected chi connectivity index (χ0v) is 9.80. The highest BCUT2D eigenvalue weighted by atomic mass is 32.2. The van der Waals surface area contributed by atoms with Gasteiger partial charge in [0.05, 0.1) is 0 Å². The SMILES string of the molecule is NCCC(Sc1nnc2ccccn12)C(=O)O. The highest BCUT2D eigenvalue weighted by Gasteiger charge is 2.20. The molecule has 1 unspecified atom stereocenters. The summed E-state index contributed by atoms with van der Waals surface area (Å²) in [4.78, 5) is 11.0. The molecular formula is C10H12N4O2S. The molecule has 3 N–H and O–H groups in total. The van der Waals surface area contributed by atoms with E-state index in [9.17, 15) is 4.79 Å². The highest BCUT2D eigenvalue weighted by molar-refractivity contribution is 8.00. The number of hydrogen-bond donors (Lipinski definition) is 2. The maximum atomic E-state index is 11.0. The third-order valence-corrected chi connectivity index (χ3v) is 3.45. The van der Waals surface area contributed by atoms with Gasteiger partial charge in [0.15, 0.2) is 10.8 Å². The highest BCUT2D eigenvalue weighted by Crippen LogP contribution is 2.24. The van der Waals surface area contributed by atoms with Crippen LogP contribution in [0.4, 0.5) is 0 Å². The van der Waals surface area contributed by atoms with Crippen molar-refractivity contribution in [1.82, 2.24) is 14.6 Å². The van der Waals surface area contributed by atoms with Crippen molar-refractivity contribution in [3.05, 3.63) is 24.4 Å². The average Bonchev–Trinajstić information content (AvgIpc) is 2.72. The van der Waals surface area contributed by atoms with Gasteiger partial charge in [0, 0.05) is 6.20 Å². The number of carboxylic acid groups (broad SMARTS) is 1. The van der Waals surface area contributed by atoms with E-state index in [0.717, 1.165) is 0 Å². The first-order valence-electron chi connectivity index (χ1n) is 5.11. The monoisotopic (exact) mass is 252 g/mol. The molecule has 0 radical (unpaired) electrons. The molecule has 0 fully saturated rings. The third kappa shape index (κ3) is 2.56. The minimum atomic E-state index is -0.881. The molecule has 17 heavy (non-hydrogen) atoms. The van der Waals surface area contributed by atoms with Gasteiger partial charge in [-0.05, 0) is 25.1 Å². The lowest BCUT2D eigenvalue weighted by molar-refractivity contribution is -0.136. The zero-order chi connectivity index (χ0) is 12.3. The normalized spacial score (nSPS) is 12.8. The van der Waals surface area contributed by atoms with Crippen LogP contribution in [0, 0.1) is 0 Å². The van der Waals surface area contributed by atoms with Crippen LogP contribution >= 0.6 is 11.8 Å². The number of rotatable bonds is 5. The molecule has 2 heterocycles. The predicted molar refractivity (Wildman–Crippen MR) is 63.9 cm³/mol. The molecule has 2 aromatic heterocycles. The lowest BCUT2D eigenvalue weighted by Crippen LogP contribution is -2.20. The maximum Gasteiger partial charge on any atom is 0.317 e. The van der Waals surface area contributed by atoms with Gasteiger partial charge in [-0.3, -0.25) is 9.20 Å². The lowest BCUT2D eigenvalue weighted by atomic mass is 10.3. The second-order valence-corrected chi connectivity index (χ2v) is 4.60. The molecule has 6 nitrogen and oxygen atoms in total. The van der Waals surface area contributed by atoms with Crippen molar-refractivity contribution in [3.63, 3.8) is 0 Å². The van der Waals surface area contributed by atoms with E-state index < -0.39 is 11.2 Å². The molecule has 0 spiro atoms. The topological polar surface area (TPSA) is 93.5 Å². The first-order chi connectivity index (χ1) is 8.22. The smallest absolute Gasteiger partial charge is 0.317 e. The van der Waals surface area contributed by atoms with Crippen LogP contribution in [0.3, 0.4) is 0 Å². The molecule has 7 heteroatoms. The van der Waals surface area contributed by atoms with Crippen molar-refractivity contribution >= 4 is 23.4 Å². The Morgan fingerprint density at radius 2 is 2.35 bits per heavy atom. The average molecular weight is 252 g/mol. The largest absolute Gasteiger partial charge is 0.480 e. The van der Waals surface area contributed by atoms with Crippen molar-refractivity contribution < 1.29 is 9.90 Å². The van der Waals surface area contributed by atoms with Crippen LogP contribution in [0.2, 0.25) is 0 Å². The number of aliphatic carboxylic acids is 1. The molecule has 0 aliphatic carbocycles. The second-order valence-electron chi connectivity index (χ2n) is 3.43. The zero-order valence-electron chi connectivity index (χ0n) is 8.98. The standard InChI is InChI=1S/C10H12N4O2S/c11-5-4-7(9(15)16)17-10-13-12-8-3-1-2-6-14(8)10/h1-3,6-7H,4-5,11H2,(H,15,16). The number of hydrogen-bond acceptors (Lipinski definition) is 5. The lowest BCUT2D eigenvalue weighted by Gasteiger charge is -2.08. The fourth-order valence-electron chi connectivity index (χ4n) is 1.41. The molecule has 90 valence electrons. The Hall–Kier alpha value is -1.60. The van der Waals surface area contributed by atoms with Crippen LogP contribution in [0.1, 0.15) is 6.42 Å². The van der Waals surface area contributed by atoms with Gasteiger partial charge < -0.3 is 10.8 Å². The van der Waals surface area contributed by atoms with Gasteiger partial charge in [-0.2, -0.15) is 0 Å². The molecule has 0 saturated carbocycles. The Balaban J connectivity index is 2.25. The fraction of sp³-hybridized carbons (Fsp3) is 0.300. The van der Waals surface area contributed by atoms with Gasteiger partial charge in [-0.1, -0.05) is 17.8 Å². The van der Waals surface area contributed by atoms with Crippen LogP contribution in [0.5, 0.6) is 0 Å². The Morgan fingerprint density at radius 1 is 1.53 bits per heavy atom. The maximum absolute atomic E-state index is 11.0. The summed E-state index contributed by atoms with van der Waals surface area (Å²) >= 11 is 1.17. The number of nitrogens with two attached hydrogens (primary N) is 1. The van der Waals surface area contributed by atoms with Gasteiger partial charge >= 0.3 is 5.97 Å². The van der Waals surface area contributed by atoms with Crippen LogP contribution < -0.4 is 5.73 Å². The summed E-state index contributed by atoms with van der Waals surface area (Å²) in [5.41, 5.74) is 6.09. The molecule has 0 aliphatic heterocycles. The molecule has 0 bridgehead atoms. The Labute approximate surface area is 102 Å². The van der Waals surface area contributed by atoms with Gasteiger partial charge in [-0.25, -0.2) is 0 Å². The molecule has 2 rings (SSSR count). The van der Waals surface area contributed by atoms with E-state index in [1.165, 1.54) is 11.8 Å². The Kier molecular flexibility index (Phi) is 3.60. The minimum absolute atomic E-state index is 0.334. The summed E-state index contributed by atoms with van der Waals surface area (Å²) in [7, 11) is 0. The van der Waals surface area contributed by atoms with E-state index in [1.54, 1.807) is 10.6 Å². The van der Waals surface area contributed by atoms with E-state index in [4.69, 9.17) is 10.8 Å². The molecule has 0 amide bonds. The minimum Gasteiger partial charge on any atom is -0.480 e. The van der Waals surface area contributed by atoms with Crippen molar-refractivity contribution in [2.24, 2.45) is 5.73 Å². The molecule has 2 aromatic rings. The van der Waals surface area contributed by atoms with E-state index in [2.05, 4.69) is 10.2 Å². The quantitative estimate of drug-likeness (QED) is 0.758. The van der Waals surface area contributed by atoms with Crippen molar-refractivity contribution in [1.29, 1.82) is 0 Å². The van der Waals surface area contributed by atoms with E-state index in [1.807, 2.05) is 18.2 Å². The van der Waals surface area contributed by atoms with Crippen LogP contribution in [-0.2, 0) is 4.79 Å². The number of carbonyl (C=O) groups is 1. The number of nitrogens with zero attached hydrogens (tertiary/aromatic N) is 3. The summed E-state index contributed by atoms with van der Waals surface area (Å²) in [6, 6.07) is 5.52. The number of aromatic nitrogens is 3. The van der Waals surface area contributed by atoms with E-state index in [-0.39, 0.29) is 0 Å². The summed E-state index contributed by atoms with van der Waals surface area (Å²) in [6.07, 6.45) is 2.21. The number of carboxylic acids is 1. The van der Waals surface area contributed by atoms with Gasteiger partial charge in [0.1, 0.15) is 5.25 Å². The van der Waals surface area contributed by atoms with E-state index in [0.29, 0.717) is 23.8 Å². The summed E-state index contributed by atoms with van der Waals surface area (Å²) in [5.74, 6) is -0.881. The molecule has 0 aliphatic rings. The first kappa shape index (κ1) is 11.9. The number of pyridine rings is 1. The molecule has 0 aromatic carbocycles. The van der Waals surface area contributed by atoms with Gasteiger partial charge in [0.25, 0.3) is 0 Å². The number of fused-ring (bicyclic) bond motifs is 1. The third-order valence-electron chi connectivity index (χ3n) is 2.23. The van der Waals surface area contributed by atoms with Gasteiger partial charge in [-0.15, -0.1) is 10.2 Å². The Morgan fingerprint density at radius 3 is 3.06 bits per heavy atom. The fourth-order valence-corrected chi connectivity index (χ4v) is 2.38. The summed E-state index contributed by atoms with van der Waals surface area (Å²) in [5, 5.41) is 17.0. The summed E-state index contributed by atoms with van der Waals surface area (Å²) in [6.45, 7) is 0.334. The van der Waals surface area contributed by atoms with Crippen molar-refractivity contribution in [2.45, 2.75) is 16.8 Å². The number of thioether (sulfide) groups is 1. The molecule has 1 atom stereocenters. The predicted octanol–water partition coefficient (Wildman–Crippen LogP) is 0.623. The Bertz CT molecular complexity index is 528. The summed E-state index contributed by atoms with van der Waals surface area (Å²) < 4.78 is 1.76. The first-order valence-corrected chi connectivity index (χ1v) is 5.99. The van der Waals surface area contributed by atoms with E-state index >= 15 is 0 Å². The van der Waals surface area contributed by atoms with Crippen LogP contribution in [-0.4, -0.2) is 37.5 Å². The molecule has 0 saturated heterocycles. The van der Waals surface area contributed by atoms with Gasteiger partial charge in [0.2, 0.25) is 0 Å². The van der Waals surface area contributed by atoms with Crippen LogP contribution in [0.15, 0.2) is 29.6 Å². The van der Waals surface area contributed by atoms with Crippen molar-refractivity contribution in [2.75, 3.05) is 6.54 Å². The second kappa shape index (κ2) is 5.15.